The zero-order valence-electron chi connectivity index (χ0n) is 47.3. The van der Waals surface area contributed by atoms with Gasteiger partial charge in [0.25, 0.3) is 11.1 Å². The van der Waals surface area contributed by atoms with Gasteiger partial charge in [-0.2, -0.15) is 0 Å². The van der Waals surface area contributed by atoms with E-state index < -0.39 is 156 Å². The fourth-order valence-electron chi connectivity index (χ4n) is 8.68. The van der Waals surface area contributed by atoms with Gasteiger partial charge in [0.2, 0.25) is 0 Å². The van der Waals surface area contributed by atoms with Crippen LogP contribution in [0.1, 0.15) is 86.4 Å². The molecule has 0 spiro atoms. The van der Waals surface area contributed by atoms with E-state index in [-0.39, 0.29) is 33.9 Å². The minimum Gasteiger partial charge on any atom is -0.464 e. The number of hydrogen-bond acceptors (Lipinski definition) is 26. The van der Waals surface area contributed by atoms with Gasteiger partial charge in [-0.1, -0.05) is 68.1 Å². The highest BCUT2D eigenvalue weighted by Gasteiger charge is 2.59. The van der Waals surface area contributed by atoms with Crippen molar-refractivity contribution in [1.29, 1.82) is 0 Å². The molecule has 2 aromatic carbocycles. The van der Waals surface area contributed by atoms with Crippen LogP contribution >= 0.6 is 0 Å². The predicted octanol–water partition coefficient (Wildman–Crippen LogP) is 0.811. The Morgan fingerprint density at radius 2 is 0.793 bits per heavy atom. The highest BCUT2D eigenvalue weighted by Crippen LogP contribution is 2.38. The number of rotatable bonds is 22. The summed E-state index contributed by atoms with van der Waals surface area (Å²) in [6.45, 7) is 8.50. The normalized spacial score (nSPS) is 20.4. The van der Waals surface area contributed by atoms with E-state index in [1.807, 2.05) is 9.97 Å². The third-order valence-corrected chi connectivity index (χ3v) is 11.9. The Kier molecular flexibility index (Phi) is 26.3. The van der Waals surface area contributed by atoms with Crippen LogP contribution in [0.25, 0.3) is 0 Å². The van der Waals surface area contributed by atoms with Crippen LogP contribution in [0.4, 0.5) is 9.59 Å². The van der Waals surface area contributed by atoms with E-state index in [1.54, 1.807) is 60.7 Å². The number of H-pyrrole nitrogens is 2. The number of alkyl carbamates (subject to hydrolysis) is 2. The number of carbonyl (C=O) groups is 10. The van der Waals surface area contributed by atoms with Crippen LogP contribution in [0.3, 0.4) is 0 Å². The van der Waals surface area contributed by atoms with Crippen molar-refractivity contribution in [2.45, 2.75) is 149 Å². The lowest BCUT2D eigenvalue weighted by Crippen LogP contribution is -2.58. The summed E-state index contributed by atoms with van der Waals surface area (Å²) in [7, 11) is 0. The van der Waals surface area contributed by atoms with Crippen LogP contribution < -0.4 is 33.1 Å². The number of aromatic nitrogens is 4. The van der Waals surface area contributed by atoms with Gasteiger partial charge < -0.3 is 67.5 Å². The zero-order chi connectivity index (χ0) is 63.4. The van der Waals surface area contributed by atoms with Crippen molar-refractivity contribution in [1.82, 2.24) is 29.7 Å². The van der Waals surface area contributed by atoms with Crippen molar-refractivity contribution in [3.8, 4) is 0 Å². The van der Waals surface area contributed by atoms with Gasteiger partial charge in [-0.25, -0.2) is 28.8 Å². The summed E-state index contributed by atoms with van der Waals surface area (Å²) in [5, 5.41) is 4.60. The number of nitrogens with zero attached hydrogens (tertiary/aromatic N) is 2. The first kappa shape index (κ1) is 69.5. The van der Waals surface area contributed by atoms with Gasteiger partial charge in [0, 0.05) is 66.1 Å². The van der Waals surface area contributed by atoms with Crippen molar-refractivity contribution < 1.29 is 105 Å². The van der Waals surface area contributed by atoms with Crippen molar-refractivity contribution >= 4 is 59.9 Å². The van der Waals surface area contributed by atoms with Gasteiger partial charge in [0.05, 0.1) is 13.2 Å². The number of ether oxygens (including phenoxy) is 12. The summed E-state index contributed by atoms with van der Waals surface area (Å²) >= 11 is 0. The van der Waals surface area contributed by atoms with E-state index in [4.69, 9.17) is 56.8 Å². The largest absolute Gasteiger partial charge is 0.464 e. The SMILES string of the molecule is C.CCOC(=O)[C@H](NC(=O)OCc1ccccc1)[C@@H](OC(C)=O)[C@H]1O[C@@H](n2ccc(=O)[nH]c2=O)[C@H](OC(C)=O)[C@@H]1OC(C)=O.CCOC(=O)[C@H](NC(=O)OCc1ccccc1)[C@@H](OC(C)=O)[C@H]1O[C@H](n2ccc(=O)[nH]c2=O)[C@H](OC(C)=O)[C@@H]1OC(C)=O. The third-order valence-electron chi connectivity index (χ3n) is 11.9. The zero-order valence-corrected chi connectivity index (χ0v) is 47.3. The Hall–Kier alpha value is -9.98. The van der Waals surface area contributed by atoms with Gasteiger partial charge in [0.1, 0.15) is 25.4 Å². The molecule has 472 valence electrons. The number of aromatic amines is 2. The molecular formula is C55H66N6O26. The first-order chi connectivity index (χ1) is 40.8. The maximum Gasteiger partial charge on any atom is 0.408 e. The van der Waals surface area contributed by atoms with Crippen LogP contribution in [-0.4, -0.2) is 153 Å². The summed E-state index contributed by atoms with van der Waals surface area (Å²) < 4.78 is 66.6. The highest BCUT2D eigenvalue weighted by molar-refractivity contribution is 5.84. The minimum atomic E-state index is -1.81. The van der Waals surface area contributed by atoms with E-state index in [0.717, 1.165) is 75.2 Å². The molecule has 4 N–H and O–H groups in total. The van der Waals surface area contributed by atoms with Gasteiger partial charge >= 0.3 is 71.3 Å². The highest BCUT2D eigenvalue weighted by atomic mass is 16.7. The summed E-state index contributed by atoms with van der Waals surface area (Å²) in [4.78, 5) is 178. The van der Waals surface area contributed by atoms with Crippen molar-refractivity contribution in [2.24, 2.45) is 0 Å². The number of amides is 2. The second-order valence-electron chi connectivity index (χ2n) is 18.3. The quantitative estimate of drug-likeness (QED) is 0.0625. The minimum absolute atomic E-state index is 0. The first-order valence-corrected chi connectivity index (χ1v) is 26.1. The molecule has 12 atom stereocenters. The second kappa shape index (κ2) is 32.9. The Balaban J connectivity index is 0.000000368. The maximum atomic E-state index is 13.1. The van der Waals surface area contributed by atoms with E-state index in [0.29, 0.717) is 11.1 Å². The van der Waals surface area contributed by atoms with Crippen LogP contribution in [0.5, 0.6) is 0 Å². The van der Waals surface area contributed by atoms with Crippen molar-refractivity contribution in [2.75, 3.05) is 13.2 Å². The van der Waals surface area contributed by atoms with Gasteiger partial charge in [-0.05, 0) is 25.0 Å². The monoisotopic (exact) mass is 1230 g/mol. The summed E-state index contributed by atoms with van der Waals surface area (Å²) in [6.07, 6.45) is -16.4. The molecule has 32 heteroatoms. The smallest absolute Gasteiger partial charge is 0.408 e. The van der Waals surface area contributed by atoms with Gasteiger partial charge in [-0.3, -0.25) is 57.5 Å². The number of hydrogen-bond donors (Lipinski definition) is 4. The molecule has 4 aromatic rings. The molecule has 2 fully saturated rings. The van der Waals surface area contributed by atoms with E-state index in [9.17, 15) is 67.1 Å². The molecule has 2 aliphatic heterocycles. The number of nitrogens with one attached hydrogen (secondary N) is 4. The fourth-order valence-corrected chi connectivity index (χ4v) is 8.68. The Bertz CT molecular complexity index is 3090. The van der Waals surface area contributed by atoms with Gasteiger partial charge in [-0.15, -0.1) is 0 Å². The Labute approximate surface area is 493 Å². The fraction of sp³-hybridized carbons (Fsp3) is 0.455. The molecule has 0 aliphatic carbocycles. The van der Waals surface area contributed by atoms with Crippen LogP contribution in [0.15, 0.2) is 104 Å². The van der Waals surface area contributed by atoms with Crippen molar-refractivity contribution in [3.63, 3.8) is 0 Å². The lowest BCUT2D eigenvalue weighted by molar-refractivity contribution is -0.177. The molecule has 2 amide bonds. The molecule has 0 radical (unpaired) electrons. The average molecular weight is 1230 g/mol. The van der Waals surface area contributed by atoms with E-state index >= 15 is 0 Å². The molecule has 0 unspecified atom stereocenters. The third kappa shape index (κ3) is 20.1. The van der Waals surface area contributed by atoms with Gasteiger partial charge in [0.15, 0.2) is 61.2 Å². The Morgan fingerprint density at radius 1 is 0.471 bits per heavy atom. The van der Waals surface area contributed by atoms with E-state index in [2.05, 4.69) is 10.6 Å². The molecule has 2 aromatic heterocycles. The lowest BCUT2D eigenvalue weighted by Gasteiger charge is -2.32. The number of benzene rings is 2. The molecule has 6 rings (SSSR count). The summed E-state index contributed by atoms with van der Waals surface area (Å²) in [5.41, 5.74) is -2.18. The van der Waals surface area contributed by atoms with E-state index in [1.165, 1.54) is 13.8 Å². The number of carbonyl (C=O) groups excluding carboxylic acids is 10. The topological polar surface area (TPSA) is 415 Å². The first-order valence-electron chi connectivity index (χ1n) is 26.1. The average Bonchev–Trinajstić information content (AvgIpc) is 1.70. The van der Waals surface area contributed by atoms with Crippen LogP contribution in [0.2, 0.25) is 0 Å². The number of esters is 8. The summed E-state index contributed by atoms with van der Waals surface area (Å²) in [5.74, 6) is -7.59. The molecular weight excluding hydrogens is 1160 g/mol. The van der Waals surface area contributed by atoms with Crippen LogP contribution in [0, 0.1) is 0 Å². The molecule has 4 heterocycles. The molecule has 0 bridgehead atoms. The molecule has 87 heavy (non-hydrogen) atoms. The maximum absolute atomic E-state index is 13.1. The molecule has 2 saturated heterocycles. The molecule has 32 nitrogen and oxygen atoms in total. The summed E-state index contributed by atoms with van der Waals surface area (Å²) in [6, 6.07) is 15.6. The Morgan fingerprint density at radius 3 is 1.08 bits per heavy atom. The molecule has 2 aliphatic rings. The van der Waals surface area contributed by atoms with Crippen LogP contribution in [-0.2, 0) is 108 Å². The molecule has 0 saturated carbocycles. The predicted molar refractivity (Wildman–Crippen MR) is 291 cm³/mol. The lowest BCUT2D eigenvalue weighted by atomic mass is 9.98. The second-order valence-corrected chi connectivity index (χ2v) is 18.3. The standard InChI is InChI=1S/2C27H31N3O13.CH4/c2*1-5-38-25(35)19(29-27(37)39-13-17-9-7-6-8-10-17)20(40-14(2)31)21-22(41-15(3)32)23(42-16(4)33)24(43-21)30-12-11-18(34)28-26(30)36;/h2*6-12,19-24H,5,13H2,1-4H3,(H,29,37)(H,28,34,36);1H4/t19-,20-,21-,22-,23-,24+;19-,20-,21-,22-,23-,24-;/m11./s1. The van der Waals surface area contributed by atoms with Crippen molar-refractivity contribution in [3.05, 3.63) is 138 Å².